The van der Waals surface area contributed by atoms with Gasteiger partial charge in [-0.1, -0.05) is 6.07 Å². The van der Waals surface area contributed by atoms with Gasteiger partial charge >= 0.3 is 5.97 Å². The monoisotopic (exact) mass is 412 g/mol. The summed E-state index contributed by atoms with van der Waals surface area (Å²) in [5, 5.41) is 0.666. The van der Waals surface area contributed by atoms with Gasteiger partial charge in [0.25, 0.3) is 5.91 Å². The van der Waals surface area contributed by atoms with E-state index < -0.39 is 5.97 Å². The van der Waals surface area contributed by atoms with E-state index in [1.807, 2.05) is 12.1 Å². The maximum absolute atomic E-state index is 12.1. The van der Waals surface area contributed by atoms with E-state index in [1.165, 1.54) is 16.7 Å². The topological polar surface area (TPSA) is 68.2 Å². The van der Waals surface area contributed by atoms with Crippen molar-refractivity contribution in [2.45, 2.75) is 6.92 Å². The number of benzene rings is 1. The molecule has 0 bridgehead atoms. The van der Waals surface area contributed by atoms with Crippen molar-refractivity contribution in [3.63, 3.8) is 0 Å². The van der Waals surface area contributed by atoms with Crippen molar-refractivity contribution in [2.75, 3.05) is 27.3 Å². The van der Waals surface area contributed by atoms with Crippen molar-refractivity contribution in [1.82, 2.24) is 4.90 Å². The molecule has 0 radical (unpaired) electrons. The van der Waals surface area contributed by atoms with E-state index in [1.54, 1.807) is 33.2 Å². The second-order valence-electron chi connectivity index (χ2n) is 4.76. The van der Waals surface area contributed by atoms with Crippen LogP contribution in [-0.4, -0.2) is 49.3 Å². The van der Waals surface area contributed by atoms with Crippen LogP contribution in [0.2, 0.25) is 0 Å². The van der Waals surface area contributed by atoms with Crippen LogP contribution in [0.3, 0.4) is 0 Å². The molecule has 1 heterocycles. The zero-order valence-corrected chi connectivity index (χ0v) is 15.9. The fourth-order valence-corrected chi connectivity index (χ4v) is 3.40. The van der Waals surface area contributed by atoms with Gasteiger partial charge < -0.3 is 9.47 Å². The summed E-state index contributed by atoms with van der Waals surface area (Å²) in [6, 6.07) is 5.37. The molecule has 0 aliphatic carbocycles. The molecular formula is C16H17BrN2O4S. The average molecular weight is 413 g/mol. The first-order chi connectivity index (χ1) is 11.5. The van der Waals surface area contributed by atoms with Crippen LogP contribution in [-0.2, 0) is 14.3 Å². The quantitative estimate of drug-likeness (QED) is 0.549. The molecule has 8 heteroatoms. The normalized spacial score (nSPS) is 17.7. The van der Waals surface area contributed by atoms with E-state index in [0.717, 1.165) is 5.56 Å². The van der Waals surface area contributed by atoms with Gasteiger partial charge in [-0.3, -0.25) is 14.7 Å². The number of carbonyl (C=O) groups excluding carboxylic acids is 2. The summed E-state index contributed by atoms with van der Waals surface area (Å²) in [4.78, 5) is 29.6. The number of amides is 1. The second kappa shape index (κ2) is 8.34. The van der Waals surface area contributed by atoms with Gasteiger partial charge in [-0.2, -0.15) is 0 Å². The highest BCUT2D eigenvalue weighted by Crippen LogP contribution is 2.33. The molecule has 1 aliphatic heterocycles. The highest BCUT2D eigenvalue weighted by molar-refractivity contribution is 9.10. The van der Waals surface area contributed by atoms with Crippen LogP contribution in [0.1, 0.15) is 12.5 Å². The van der Waals surface area contributed by atoms with Crippen LogP contribution in [0, 0.1) is 0 Å². The molecule has 1 aromatic rings. The summed E-state index contributed by atoms with van der Waals surface area (Å²) in [6.07, 6.45) is 1.79. The molecule has 24 heavy (non-hydrogen) atoms. The Morgan fingerprint density at radius 3 is 2.79 bits per heavy atom. The third-order valence-electron chi connectivity index (χ3n) is 3.10. The van der Waals surface area contributed by atoms with Crippen LogP contribution < -0.4 is 4.74 Å². The number of rotatable bonds is 5. The van der Waals surface area contributed by atoms with Gasteiger partial charge in [0.2, 0.25) is 0 Å². The molecule has 0 N–H and O–H groups in total. The summed E-state index contributed by atoms with van der Waals surface area (Å²) < 4.78 is 10.9. The maximum atomic E-state index is 12.1. The van der Waals surface area contributed by atoms with E-state index >= 15 is 0 Å². The summed E-state index contributed by atoms with van der Waals surface area (Å²) in [5.41, 5.74) is 0.840. The van der Waals surface area contributed by atoms with Crippen LogP contribution in [0.25, 0.3) is 6.08 Å². The molecule has 1 amide bonds. The second-order valence-corrected chi connectivity index (χ2v) is 6.63. The van der Waals surface area contributed by atoms with E-state index in [0.29, 0.717) is 26.9 Å². The molecule has 0 aromatic heterocycles. The number of amidine groups is 1. The molecule has 1 aliphatic rings. The van der Waals surface area contributed by atoms with Crippen LogP contribution >= 0.6 is 27.7 Å². The Kier molecular flexibility index (Phi) is 6.44. The average Bonchev–Trinajstić information content (AvgIpc) is 2.82. The van der Waals surface area contributed by atoms with Gasteiger partial charge in [-0.25, -0.2) is 4.79 Å². The molecule has 1 fully saturated rings. The Labute approximate surface area is 153 Å². The van der Waals surface area contributed by atoms with E-state index in [2.05, 4.69) is 20.9 Å². The van der Waals surface area contributed by atoms with Crippen LogP contribution in [0.5, 0.6) is 5.75 Å². The number of thioether (sulfide) groups is 1. The van der Waals surface area contributed by atoms with E-state index in [4.69, 9.17) is 9.47 Å². The lowest BCUT2D eigenvalue weighted by molar-refractivity contribution is -0.145. The Morgan fingerprint density at radius 2 is 2.21 bits per heavy atom. The number of aliphatic imine (C=N–C) groups is 1. The van der Waals surface area contributed by atoms with Gasteiger partial charge in [0.15, 0.2) is 11.8 Å². The molecular weight excluding hydrogens is 396 g/mol. The predicted molar refractivity (Wildman–Crippen MR) is 98.0 cm³/mol. The number of likely N-dealkylation sites (N-methyl/N-ethyl adjacent to an activating group) is 1. The van der Waals surface area contributed by atoms with Crippen molar-refractivity contribution >= 4 is 50.8 Å². The van der Waals surface area contributed by atoms with Crippen molar-refractivity contribution in [1.29, 1.82) is 0 Å². The third-order valence-corrected chi connectivity index (χ3v) is 4.87. The first kappa shape index (κ1) is 18.5. The molecule has 2 rings (SSSR count). The third kappa shape index (κ3) is 4.39. The predicted octanol–water partition coefficient (Wildman–Crippen LogP) is 2.92. The van der Waals surface area contributed by atoms with E-state index in [-0.39, 0.29) is 12.5 Å². The number of carbonyl (C=O) groups is 2. The van der Waals surface area contributed by atoms with Gasteiger partial charge in [-0.05, 0) is 58.4 Å². The number of halogens is 1. The van der Waals surface area contributed by atoms with Gasteiger partial charge in [0.1, 0.15) is 5.75 Å². The van der Waals surface area contributed by atoms with Crippen molar-refractivity contribution in [3.8, 4) is 5.75 Å². The fourth-order valence-electron chi connectivity index (χ4n) is 1.96. The largest absolute Gasteiger partial charge is 0.481 e. The van der Waals surface area contributed by atoms with Crippen molar-refractivity contribution in [2.24, 2.45) is 4.99 Å². The number of ether oxygens (including phenoxy) is 2. The Bertz CT molecular complexity index is 718. The summed E-state index contributed by atoms with van der Waals surface area (Å²) in [7, 11) is 3.35. The fraction of sp³-hybridized carbons (Fsp3) is 0.312. The molecule has 1 aromatic carbocycles. The number of hydrogen-bond acceptors (Lipinski definition) is 6. The first-order valence-electron chi connectivity index (χ1n) is 7.18. The lowest BCUT2D eigenvalue weighted by atomic mass is 10.2. The molecule has 0 atom stereocenters. The minimum atomic E-state index is -0.419. The smallest absolute Gasteiger partial charge is 0.344 e. The Hall–Kier alpha value is -1.80. The van der Waals surface area contributed by atoms with Crippen LogP contribution in [0.4, 0.5) is 0 Å². The molecule has 128 valence electrons. The molecule has 1 saturated heterocycles. The van der Waals surface area contributed by atoms with Crippen LogP contribution in [0.15, 0.2) is 32.6 Å². The van der Waals surface area contributed by atoms with E-state index in [9.17, 15) is 9.59 Å². The number of hydrogen-bond donors (Lipinski definition) is 0. The zero-order chi connectivity index (χ0) is 17.7. The lowest BCUT2D eigenvalue weighted by Gasteiger charge is -2.08. The summed E-state index contributed by atoms with van der Waals surface area (Å²) >= 11 is 4.74. The number of nitrogens with zero attached hydrogens (tertiary/aromatic N) is 2. The number of esters is 1. The van der Waals surface area contributed by atoms with Gasteiger partial charge in [0, 0.05) is 14.1 Å². The molecule has 6 nitrogen and oxygen atoms in total. The highest BCUT2D eigenvalue weighted by atomic mass is 79.9. The van der Waals surface area contributed by atoms with Crippen molar-refractivity contribution in [3.05, 3.63) is 33.1 Å². The minimum absolute atomic E-state index is 0.0839. The van der Waals surface area contributed by atoms with Crippen molar-refractivity contribution < 1.29 is 19.1 Å². The SMILES string of the molecule is CCOC(=O)COc1ccc(/C=C2/SC(=NC)N(C)C2=O)cc1Br. The summed E-state index contributed by atoms with van der Waals surface area (Å²) in [6.45, 7) is 1.91. The maximum Gasteiger partial charge on any atom is 0.344 e. The molecule has 0 saturated carbocycles. The molecule has 0 unspecified atom stereocenters. The zero-order valence-electron chi connectivity index (χ0n) is 13.5. The highest BCUT2D eigenvalue weighted by Gasteiger charge is 2.29. The van der Waals surface area contributed by atoms with Gasteiger partial charge in [-0.15, -0.1) is 0 Å². The first-order valence-corrected chi connectivity index (χ1v) is 8.79. The minimum Gasteiger partial charge on any atom is -0.481 e. The Morgan fingerprint density at radius 1 is 1.46 bits per heavy atom. The van der Waals surface area contributed by atoms with Gasteiger partial charge in [0.05, 0.1) is 16.0 Å². The Balaban J connectivity index is 2.11. The standard InChI is InChI=1S/C16H17BrN2O4S/c1-4-22-14(20)9-23-12-6-5-10(7-11(12)17)8-13-15(21)19(3)16(18-2)24-13/h5-8H,4,9H2,1-3H3/b13-8+,18-16?. The molecule has 0 spiro atoms. The lowest BCUT2D eigenvalue weighted by Crippen LogP contribution is -2.23. The summed E-state index contributed by atoms with van der Waals surface area (Å²) in [5.74, 6) is 0.0286.